The van der Waals surface area contributed by atoms with E-state index in [1.54, 1.807) is 22.7 Å². The molecule has 240 valence electrons. The number of nitrogens with one attached hydrogen (secondary N) is 2. The smallest absolute Gasteiger partial charge is 0.185 e. The molecule has 2 aliphatic heterocycles. The molecule has 0 spiro atoms. The Morgan fingerprint density at radius 1 is 0.535 bits per heavy atom. The van der Waals surface area contributed by atoms with Gasteiger partial charge in [-0.25, -0.2) is 9.97 Å². The minimum atomic E-state index is 0. The van der Waals surface area contributed by atoms with Gasteiger partial charge < -0.3 is 25.9 Å². The van der Waals surface area contributed by atoms with Crippen LogP contribution in [0.5, 0.6) is 0 Å². The molecule has 0 atom stereocenters. The van der Waals surface area contributed by atoms with Crippen LogP contribution in [0.3, 0.4) is 0 Å². The van der Waals surface area contributed by atoms with E-state index in [-0.39, 0.29) is 55.1 Å². The molecule has 0 amide bonds. The van der Waals surface area contributed by atoms with Gasteiger partial charge in [0.1, 0.15) is 0 Å². The SMILES string of the molecule is Cl.Cl.Cl.Cl.O.c1ccc(CCc2csc(N3CCNCC3)n2)cc1.c1ccc(CCc2csc(N3CCNCC3)n2)cc1. The highest BCUT2D eigenvalue weighted by atomic mass is 35.5. The molecule has 2 aromatic heterocycles. The summed E-state index contributed by atoms with van der Waals surface area (Å²) in [5.41, 5.74) is 5.23. The molecule has 4 N–H and O–H groups in total. The number of rotatable bonds is 8. The largest absolute Gasteiger partial charge is 0.412 e. The molecule has 7 nitrogen and oxygen atoms in total. The van der Waals surface area contributed by atoms with Crippen LogP contribution >= 0.6 is 72.3 Å². The first-order chi connectivity index (χ1) is 18.8. The Balaban J connectivity index is 0.000000735. The van der Waals surface area contributed by atoms with Crippen LogP contribution in [0.1, 0.15) is 22.5 Å². The lowest BCUT2D eigenvalue weighted by Gasteiger charge is -2.26. The number of aryl methyl sites for hydroxylation is 4. The van der Waals surface area contributed by atoms with Gasteiger partial charge in [0.25, 0.3) is 0 Å². The zero-order chi connectivity index (χ0) is 25.8. The Morgan fingerprint density at radius 2 is 0.884 bits per heavy atom. The second-order valence-corrected chi connectivity index (χ2v) is 11.4. The average molecular weight is 711 g/mol. The molecule has 0 unspecified atom stereocenters. The van der Waals surface area contributed by atoms with Gasteiger partial charge in [-0.05, 0) is 36.8 Å². The van der Waals surface area contributed by atoms with Crippen molar-refractivity contribution in [2.75, 3.05) is 62.2 Å². The number of thiazole rings is 2. The van der Waals surface area contributed by atoms with Crippen LogP contribution in [-0.2, 0) is 25.7 Å². The minimum absolute atomic E-state index is 0. The lowest BCUT2D eigenvalue weighted by atomic mass is 10.1. The first-order valence-corrected chi connectivity index (χ1v) is 15.5. The normalized spacial score (nSPS) is 13.9. The highest BCUT2D eigenvalue weighted by molar-refractivity contribution is 7.14. The van der Waals surface area contributed by atoms with Crippen molar-refractivity contribution in [1.82, 2.24) is 20.6 Å². The van der Waals surface area contributed by atoms with Gasteiger partial charge in [-0.15, -0.1) is 72.3 Å². The molecule has 43 heavy (non-hydrogen) atoms. The number of hydrogen-bond acceptors (Lipinski definition) is 8. The van der Waals surface area contributed by atoms with Crippen LogP contribution in [0, 0.1) is 0 Å². The highest BCUT2D eigenvalue weighted by Gasteiger charge is 2.15. The molecule has 2 aliphatic rings. The summed E-state index contributed by atoms with van der Waals surface area (Å²) in [6, 6.07) is 21.3. The van der Waals surface area contributed by atoms with Crippen LogP contribution in [0.15, 0.2) is 71.4 Å². The Kier molecular flexibility index (Phi) is 21.9. The molecule has 0 saturated carbocycles. The fourth-order valence-electron chi connectivity index (χ4n) is 4.66. The number of halogens is 4. The van der Waals surface area contributed by atoms with Gasteiger partial charge in [0, 0.05) is 63.1 Å². The zero-order valence-corrected chi connectivity index (χ0v) is 29.1. The third-order valence-electron chi connectivity index (χ3n) is 6.88. The van der Waals surface area contributed by atoms with E-state index in [1.807, 2.05) is 0 Å². The van der Waals surface area contributed by atoms with Crippen molar-refractivity contribution in [3.05, 3.63) is 93.9 Å². The van der Waals surface area contributed by atoms with E-state index >= 15 is 0 Å². The van der Waals surface area contributed by atoms with Gasteiger partial charge in [0.2, 0.25) is 0 Å². The average Bonchev–Trinajstić information content (AvgIpc) is 3.68. The van der Waals surface area contributed by atoms with Gasteiger partial charge in [-0.1, -0.05) is 60.7 Å². The molecule has 2 aromatic carbocycles. The third-order valence-corrected chi connectivity index (χ3v) is 8.78. The van der Waals surface area contributed by atoms with Crippen molar-refractivity contribution >= 4 is 82.6 Å². The topological polar surface area (TPSA) is 87.8 Å². The molecular weight excluding hydrogens is 666 g/mol. The van der Waals surface area contributed by atoms with Crippen molar-refractivity contribution in [3.63, 3.8) is 0 Å². The second-order valence-electron chi connectivity index (χ2n) is 9.69. The molecule has 0 aliphatic carbocycles. The lowest BCUT2D eigenvalue weighted by molar-refractivity contribution is 0.588. The van der Waals surface area contributed by atoms with E-state index < -0.39 is 0 Å². The Hall–Kier alpha value is -1.66. The number of benzene rings is 2. The van der Waals surface area contributed by atoms with E-state index in [2.05, 4.69) is 91.9 Å². The molecule has 13 heteroatoms. The number of anilines is 2. The van der Waals surface area contributed by atoms with E-state index in [4.69, 9.17) is 9.97 Å². The van der Waals surface area contributed by atoms with Gasteiger partial charge in [0.05, 0.1) is 11.4 Å². The van der Waals surface area contributed by atoms with E-state index in [1.165, 1.54) is 32.8 Å². The van der Waals surface area contributed by atoms with Gasteiger partial charge in [-0.3, -0.25) is 0 Å². The highest BCUT2D eigenvalue weighted by Crippen LogP contribution is 2.23. The van der Waals surface area contributed by atoms with Crippen LogP contribution in [0.4, 0.5) is 10.3 Å². The molecule has 2 saturated heterocycles. The van der Waals surface area contributed by atoms with Crippen LogP contribution in [0.25, 0.3) is 0 Å². The molecule has 4 heterocycles. The summed E-state index contributed by atoms with van der Waals surface area (Å²) in [5.74, 6) is 0. The number of nitrogens with zero attached hydrogens (tertiary/aromatic N) is 4. The minimum Gasteiger partial charge on any atom is -0.412 e. The first-order valence-electron chi connectivity index (χ1n) is 13.7. The Labute approximate surface area is 288 Å². The maximum absolute atomic E-state index is 4.77. The predicted molar refractivity (Wildman–Crippen MR) is 195 cm³/mol. The van der Waals surface area contributed by atoms with E-state index in [0.717, 1.165) is 78.0 Å². The van der Waals surface area contributed by atoms with E-state index in [9.17, 15) is 0 Å². The summed E-state index contributed by atoms with van der Waals surface area (Å²) >= 11 is 3.56. The fraction of sp³-hybridized carbons (Fsp3) is 0.400. The first kappa shape index (κ1) is 41.3. The van der Waals surface area contributed by atoms with Crippen LogP contribution in [-0.4, -0.2) is 67.8 Å². The van der Waals surface area contributed by atoms with Crippen molar-refractivity contribution in [2.24, 2.45) is 0 Å². The second kappa shape index (κ2) is 22.8. The number of hydrogen-bond donors (Lipinski definition) is 2. The van der Waals surface area contributed by atoms with Crippen LogP contribution in [0.2, 0.25) is 0 Å². The fourth-order valence-corrected chi connectivity index (χ4v) is 6.49. The molecule has 6 rings (SSSR count). The van der Waals surface area contributed by atoms with Gasteiger partial charge >= 0.3 is 0 Å². The van der Waals surface area contributed by atoms with Crippen molar-refractivity contribution in [3.8, 4) is 0 Å². The molecule has 0 radical (unpaired) electrons. The molecular formula is C30H44Cl4N6OS2. The quantitative estimate of drug-likeness (QED) is 0.250. The third kappa shape index (κ3) is 13.5. The summed E-state index contributed by atoms with van der Waals surface area (Å²) < 4.78 is 0. The summed E-state index contributed by atoms with van der Waals surface area (Å²) in [4.78, 5) is 14.3. The predicted octanol–water partition coefficient (Wildman–Crippen LogP) is 5.54. The standard InChI is InChI=1S/2C15H19N3S.4ClH.H2O/c2*1-2-4-13(5-3-1)6-7-14-12-19-15(17-14)18-10-8-16-9-11-18;;;;;/h2*1-5,12,16H,6-11H2;4*1H;1H2. The lowest BCUT2D eigenvalue weighted by Crippen LogP contribution is -2.43. The maximum atomic E-state index is 4.77. The van der Waals surface area contributed by atoms with Crippen molar-refractivity contribution < 1.29 is 5.48 Å². The number of aromatic nitrogens is 2. The zero-order valence-electron chi connectivity index (χ0n) is 24.2. The maximum Gasteiger partial charge on any atom is 0.185 e. The summed E-state index contributed by atoms with van der Waals surface area (Å²) in [5, 5.41) is 13.5. The molecule has 4 aromatic rings. The Bertz CT molecular complexity index is 1130. The summed E-state index contributed by atoms with van der Waals surface area (Å²) in [6.07, 6.45) is 4.22. The molecule has 2 fully saturated rings. The number of piperazine rings is 2. The van der Waals surface area contributed by atoms with Crippen molar-refractivity contribution in [2.45, 2.75) is 25.7 Å². The Morgan fingerprint density at radius 3 is 1.23 bits per heavy atom. The van der Waals surface area contributed by atoms with Crippen molar-refractivity contribution in [1.29, 1.82) is 0 Å². The molecule has 0 bridgehead atoms. The van der Waals surface area contributed by atoms with Gasteiger partial charge in [-0.2, -0.15) is 0 Å². The summed E-state index contributed by atoms with van der Waals surface area (Å²) in [6.45, 7) is 8.57. The summed E-state index contributed by atoms with van der Waals surface area (Å²) in [7, 11) is 0. The monoisotopic (exact) mass is 708 g/mol. The van der Waals surface area contributed by atoms with E-state index in [0.29, 0.717) is 0 Å². The van der Waals surface area contributed by atoms with Crippen LogP contribution < -0.4 is 20.4 Å². The van der Waals surface area contributed by atoms with Gasteiger partial charge in [0.15, 0.2) is 10.3 Å².